The van der Waals surface area contributed by atoms with Gasteiger partial charge in [0.05, 0.1) is 0 Å². The highest BCUT2D eigenvalue weighted by atomic mass is 15.3. The van der Waals surface area contributed by atoms with Gasteiger partial charge < -0.3 is 11.1 Å². The first kappa shape index (κ1) is 9.06. The number of anilines is 1. The van der Waals surface area contributed by atoms with Crippen LogP contribution >= 0.6 is 0 Å². The van der Waals surface area contributed by atoms with Gasteiger partial charge in [0.2, 0.25) is 0 Å². The fourth-order valence-corrected chi connectivity index (χ4v) is 1.04. The minimum absolute atomic E-state index is 0.596. The zero-order valence-corrected chi connectivity index (χ0v) is 7.45. The van der Waals surface area contributed by atoms with E-state index in [1.807, 2.05) is 16.9 Å². The molecule has 0 atom stereocenters. The van der Waals surface area contributed by atoms with Crippen LogP contribution in [0.15, 0.2) is 12.3 Å². The normalized spacial score (nSPS) is 10.4. The van der Waals surface area contributed by atoms with Gasteiger partial charge in [0, 0.05) is 12.7 Å². The molecule has 0 saturated carbocycles. The summed E-state index contributed by atoms with van der Waals surface area (Å²) in [5.41, 5.74) is 5.46. The minimum atomic E-state index is 0.596. The predicted octanol–water partition coefficient (Wildman–Crippen LogP) is 0.465. The van der Waals surface area contributed by atoms with Crippen molar-refractivity contribution in [2.45, 2.75) is 19.9 Å². The molecule has 0 aliphatic heterocycles. The van der Waals surface area contributed by atoms with Gasteiger partial charge in [0.25, 0.3) is 0 Å². The molecule has 3 N–H and O–H groups in total. The van der Waals surface area contributed by atoms with E-state index >= 15 is 0 Å². The molecule has 0 aliphatic carbocycles. The molecule has 0 unspecified atom stereocenters. The van der Waals surface area contributed by atoms with E-state index in [0.29, 0.717) is 5.82 Å². The highest BCUT2D eigenvalue weighted by Crippen LogP contribution is 1.96. The van der Waals surface area contributed by atoms with Gasteiger partial charge in [-0.2, -0.15) is 5.10 Å². The van der Waals surface area contributed by atoms with Gasteiger partial charge in [-0.25, -0.2) is 0 Å². The molecule has 12 heavy (non-hydrogen) atoms. The van der Waals surface area contributed by atoms with Crippen LogP contribution in [0.4, 0.5) is 5.82 Å². The van der Waals surface area contributed by atoms with E-state index in [2.05, 4.69) is 17.3 Å². The molecule has 0 fully saturated rings. The second-order valence-corrected chi connectivity index (χ2v) is 2.71. The summed E-state index contributed by atoms with van der Waals surface area (Å²) in [6.07, 6.45) is 3.00. The van der Waals surface area contributed by atoms with E-state index in [4.69, 9.17) is 5.73 Å². The van der Waals surface area contributed by atoms with Crippen LogP contribution in [-0.4, -0.2) is 22.9 Å². The molecule has 1 aromatic rings. The SMILES string of the molecule is CCNCCCn1ccc(N)n1. The summed E-state index contributed by atoms with van der Waals surface area (Å²) in [5, 5.41) is 7.33. The van der Waals surface area contributed by atoms with Gasteiger partial charge in [-0.3, -0.25) is 4.68 Å². The number of nitrogens with one attached hydrogen (secondary N) is 1. The molecular formula is C8H16N4. The number of nitrogens with two attached hydrogens (primary N) is 1. The van der Waals surface area contributed by atoms with E-state index in [9.17, 15) is 0 Å². The second kappa shape index (κ2) is 4.77. The van der Waals surface area contributed by atoms with Crippen molar-refractivity contribution in [3.63, 3.8) is 0 Å². The van der Waals surface area contributed by atoms with E-state index in [0.717, 1.165) is 26.1 Å². The highest BCUT2D eigenvalue weighted by molar-refractivity contribution is 5.23. The Balaban J connectivity index is 2.15. The topological polar surface area (TPSA) is 55.9 Å². The Kier molecular flexibility index (Phi) is 3.60. The number of hydrogen-bond donors (Lipinski definition) is 2. The summed E-state index contributed by atoms with van der Waals surface area (Å²) < 4.78 is 1.87. The van der Waals surface area contributed by atoms with Crippen LogP contribution in [0.2, 0.25) is 0 Å². The van der Waals surface area contributed by atoms with E-state index in [1.54, 1.807) is 0 Å². The minimum Gasteiger partial charge on any atom is -0.382 e. The molecule has 0 aromatic carbocycles. The summed E-state index contributed by atoms with van der Waals surface area (Å²) in [6.45, 7) is 5.10. The Hall–Kier alpha value is -1.03. The average Bonchev–Trinajstić information content (AvgIpc) is 2.45. The number of aryl methyl sites for hydroxylation is 1. The molecule has 1 aromatic heterocycles. The summed E-state index contributed by atoms with van der Waals surface area (Å²) in [5.74, 6) is 0.596. The van der Waals surface area contributed by atoms with Crippen LogP contribution in [0, 0.1) is 0 Å². The van der Waals surface area contributed by atoms with Crippen LogP contribution in [0.1, 0.15) is 13.3 Å². The summed E-state index contributed by atoms with van der Waals surface area (Å²) in [7, 11) is 0. The Morgan fingerprint density at radius 1 is 1.67 bits per heavy atom. The molecular weight excluding hydrogens is 152 g/mol. The molecule has 4 nitrogen and oxygen atoms in total. The van der Waals surface area contributed by atoms with Gasteiger partial charge >= 0.3 is 0 Å². The van der Waals surface area contributed by atoms with Crippen molar-refractivity contribution in [3.8, 4) is 0 Å². The molecule has 1 rings (SSSR count). The summed E-state index contributed by atoms with van der Waals surface area (Å²) >= 11 is 0. The fourth-order valence-electron chi connectivity index (χ4n) is 1.04. The smallest absolute Gasteiger partial charge is 0.145 e. The molecule has 4 heteroatoms. The number of nitrogen functional groups attached to an aromatic ring is 1. The zero-order chi connectivity index (χ0) is 8.81. The number of nitrogens with zero attached hydrogens (tertiary/aromatic N) is 2. The number of rotatable bonds is 5. The Morgan fingerprint density at radius 2 is 2.50 bits per heavy atom. The number of aromatic nitrogens is 2. The molecule has 0 bridgehead atoms. The largest absolute Gasteiger partial charge is 0.382 e. The first-order valence-corrected chi connectivity index (χ1v) is 4.32. The average molecular weight is 168 g/mol. The van der Waals surface area contributed by atoms with E-state index < -0.39 is 0 Å². The number of hydrogen-bond acceptors (Lipinski definition) is 3. The molecule has 68 valence electrons. The van der Waals surface area contributed by atoms with Crippen LogP contribution in [-0.2, 0) is 6.54 Å². The van der Waals surface area contributed by atoms with Crippen molar-refractivity contribution in [1.29, 1.82) is 0 Å². The van der Waals surface area contributed by atoms with Crippen LogP contribution in [0.3, 0.4) is 0 Å². The lowest BCUT2D eigenvalue weighted by Gasteiger charge is -2.01. The van der Waals surface area contributed by atoms with Gasteiger partial charge in [-0.05, 0) is 25.6 Å². The zero-order valence-electron chi connectivity index (χ0n) is 7.45. The van der Waals surface area contributed by atoms with Crippen molar-refractivity contribution in [3.05, 3.63) is 12.3 Å². The lowest BCUT2D eigenvalue weighted by atomic mass is 10.4. The molecule has 0 amide bonds. The van der Waals surface area contributed by atoms with Gasteiger partial charge in [0.1, 0.15) is 5.82 Å². The third kappa shape index (κ3) is 2.92. The Morgan fingerprint density at radius 3 is 3.08 bits per heavy atom. The maximum absolute atomic E-state index is 5.46. The van der Waals surface area contributed by atoms with Crippen molar-refractivity contribution < 1.29 is 0 Å². The molecule has 1 heterocycles. The fraction of sp³-hybridized carbons (Fsp3) is 0.625. The third-order valence-electron chi connectivity index (χ3n) is 1.65. The summed E-state index contributed by atoms with van der Waals surface area (Å²) in [4.78, 5) is 0. The van der Waals surface area contributed by atoms with Crippen LogP contribution in [0.5, 0.6) is 0 Å². The van der Waals surface area contributed by atoms with E-state index in [-0.39, 0.29) is 0 Å². The van der Waals surface area contributed by atoms with Crippen molar-refractivity contribution >= 4 is 5.82 Å². The first-order chi connectivity index (χ1) is 5.83. The van der Waals surface area contributed by atoms with Gasteiger partial charge in [-0.1, -0.05) is 6.92 Å². The lowest BCUT2D eigenvalue weighted by molar-refractivity contribution is 0.552. The highest BCUT2D eigenvalue weighted by Gasteiger charge is 1.92. The lowest BCUT2D eigenvalue weighted by Crippen LogP contribution is -2.16. The molecule has 0 radical (unpaired) electrons. The maximum Gasteiger partial charge on any atom is 0.145 e. The van der Waals surface area contributed by atoms with Crippen LogP contribution < -0.4 is 11.1 Å². The van der Waals surface area contributed by atoms with Crippen molar-refractivity contribution in [2.75, 3.05) is 18.8 Å². The predicted molar refractivity (Wildman–Crippen MR) is 49.8 cm³/mol. The maximum atomic E-state index is 5.46. The summed E-state index contributed by atoms with van der Waals surface area (Å²) in [6, 6.07) is 1.81. The van der Waals surface area contributed by atoms with Crippen molar-refractivity contribution in [1.82, 2.24) is 15.1 Å². The third-order valence-corrected chi connectivity index (χ3v) is 1.65. The molecule has 0 aliphatic rings. The Labute approximate surface area is 72.8 Å². The Bertz CT molecular complexity index is 219. The van der Waals surface area contributed by atoms with Gasteiger partial charge in [-0.15, -0.1) is 0 Å². The van der Waals surface area contributed by atoms with E-state index in [1.165, 1.54) is 0 Å². The second-order valence-electron chi connectivity index (χ2n) is 2.71. The first-order valence-electron chi connectivity index (χ1n) is 4.32. The van der Waals surface area contributed by atoms with Crippen LogP contribution in [0.25, 0.3) is 0 Å². The monoisotopic (exact) mass is 168 g/mol. The standard InChI is InChI=1S/C8H16N4/c1-2-10-5-3-6-12-7-4-8(9)11-12/h4,7,10H,2-3,5-6H2,1H3,(H2,9,11). The molecule has 0 spiro atoms. The van der Waals surface area contributed by atoms with Crippen molar-refractivity contribution in [2.24, 2.45) is 0 Å². The van der Waals surface area contributed by atoms with Gasteiger partial charge in [0.15, 0.2) is 0 Å². The molecule has 0 saturated heterocycles. The quantitative estimate of drug-likeness (QED) is 0.628.